The van der Waals surface area contributed by atoms with E-state index in [0.29, 0.717) is 0 Å². The van der Waals surface area contributed by atoms with E-state index in [1.165, 1.54) is 6.92 Å². The van der Waals surface area contributed by atoms with Gasteiger partial charge in [0, 0.05) is 12.1 Å². The number of sulfonamides is 1. The Morgan fingerprint density at radius 3 is 2.39 bits per heavy atom. The van der Waals surface area contributed by atoms with Crippen LogP contribution in [0.2, 0.25) is 0 Å². The zero-order valence-corrected chi connectivity index (χ0v) is 10.4. The van der Waals surface area contributed by atoms with Crippen LogP contribution in [0.5, 0.6) is 0 Å². The predicted molar refractivity (Wildman–Crippen MR) is 60.5 cm³/mol. The monoisotopic (exact) mass is 274 g/mol. The Balaban J connectivity index is 3.69. The van der Waals surface area contributed by atoms with E-state index in [1.54, 1.807) is 0 Å². The molecule has 0 fully saturated rings. The number of hydrogen-bond donors (Lipinski definition) is 1. The number of ether oxygens (including phenoxy) is 1. The van der Waals surface area contributed by atoms with Crippen molar-refractivity contribution in [1.29, 1.82) is 0 Å². The molecular weight excluding hydrogens is 264 g/mol. The Kier molecular flexibility index (Phi) is 3.67. The third-order valence-electron chi connectivity index (χ3n) is 2.27. The number of carbonyl (C=O) groups is 1. The molecule has 9 heteroatoms. The van der Waals surface area contributed by atoms with Crippen LogP contribution >= 0.6 is 0 Å². The minimum Gasteiger partial charge on any atom is -0.465 e. The van der Waals surface area contributed by atoms with E-state index in [2.05, 4.69) is 4.74 Å². The molecule has 0 bridgehead atoms. The molecule has 0 heterocycles. The first kappa shape index (κ1) is 14.1. The van der Waals surface area contributed by atoms with Gasteiger partial charge in [0.15, 0.2) is 0 Å². The minimum absolute atomic E-state index is 0.00921. The molecule has 0 aliphatic rings. The molecule has 0 aliphatic carbocycles. The topological polar surface area (TPSA) is 130 Å². The van der Waals surface area contributed by atoms with Crippen molar-refractivity contribution in [2.75, 3.05) is 7.11 Å². The maximum Gasteiger partial charge on any atom is 0.338 e. The van der Waals surface area contributed by atoms with Gasteiger partial charge in [-0.3, -0.25) is 10.1 Å². The fraction of sp³-hybridized carbons (Fsp3) is 0.222. The van der Waals surface area contributed by atoms with Gasteiger partial charge < -0.3 is 4.74 Å². The van der Waals surface area contributed by atoms with Crippen molar-refractivity contribution in [3.8, 4) is 0 Å². The van der Waals surface area contributed by atoms with Crippen LogP contribution in [0.15, 0.2) is 17.0 Å². The molecule has 0 atom stereocenters. The molecule has 0 aromatic heterocycles. The number of esters is 1. The van der Waals surface area contributed by atoms with E-state index in [1.807, 2.05) is 0 Å². The second-order valence-electron chi connectivity index (χ2n) is 3.41. The number of benzene rings is 1. The summed E-state index contributed by atoms with van der Waals surface area (Å²) in [5.74, 6) is -0.874. The molecule has 1 aromatic rings. The Bertz CT molecular complexity index is 622. The maximum absolute atomic E-state index is 11.4. The van der Waals surface area contributed by atoms with Gasteiger partial charge in [-0.05, 0) is 12.5 Å². The van der Waals surface area contributed by atoms with Crippen molar-refractivity contribution in [2.24, 2.45) is 5.14 Å². The van der Waals surface area contributed by atoms with Gasteiger partial charge in [-0.25, -0.2) is 18.4 Å². The zero-order chi connectivity index (χ0) is 14.1. The van der Waals surface area contributed by atoms with Gasteiger partial charge >= 0.3 is 5.97 Å². The fourth-order valence-corrected chi connectivity index (χ4v) is 2.22. The normalized spacial score (nSPS) is 11.1. The average Bonchev–Trinajstić information content (AvgIpc) is 2.26. The lowest BCUT2D eigenvalue weighted by Gasteiger charge is -2.08. The van der Waals surface area contributed by atoms with Crippen LogP contribution in [0.25, 0.3) is 0 Å². The van der Waals surface area contributed by atoms with E-state index in [-0.39, 0.29) is 11.1 Å². The van der Waals surface area contributed by atoms with Crippen molar-refractivity contribution in [1.82, 2.24) is 0 Å². The predicted octanol–water partition coefficient (Wildman–Crippen LogP) is 0.337. The van der Waals surface area contributed by atoms with Crippen LogP contribution in [0, 0.1) is 17.0 Å². The Labute approximate surface area is 103 Å². The molecular formula is C9H10N2O6S. The summed E-state index contributed by atoms with van der Waals surface area (Å²) >= 11 is 0. The number of primary sulfonamides is 1. The number of nitrogens with zero attached hydrogens (tertiary/aromatic N) is 1. The summed E-state index contributed by atoms with van der Waals surface area (Å²) in [7, 11) is -3.09. The summed E-state index contributed by atoms with van der Waals surface area (Å²) in [6, 6.07) is 1.74. The molecule has 1 rings (SSSR count). The summed E-state index contributed by atoms with van der Waals surface area (Å²) in [6.07, 6.45) is 0. The van der Waals surface area contributed by atoms with Crippen LogP contribution < -0.4 is 5.14 Å². The SMILES string of the molecule is COC(=O)c1cc([N+](=O)[O-])cc(S(N)(=O)=O)c1C. The van der Waals surface area contributed by atoms with E-state index >= 15 is 0 Å². The van der Waals surface area contributed by atoms with E-state index in [4.69, 9.17) is 5.14 Å². The Hall–Kier alpha value is -2.00. The molecule has 0 radical (unpaired) electrons. The van der Waals surface area contributed by atoms with Gasteiger partial charge in [0.05, 0.1) is 22.5 Å². The van der Waals surface area contributed by atoms with Crippen molar-refractivity contribution in [2.45, 2.75) is 11.8 Å². The standard InChI is InChI=1S/C9H10N2O6S/c1-5-7(9(12)17-2)3-6(11(13)14)4-8(5)18(10,15)16/h3-4H,1-2H3,(H2,10,15,16). The lowest BCUT2D eigenvalue weighted by atomic mass is 10.1. The number of non-ortho nitro benzene ring substituents is 1. The number of rotatable bonds is 3. The van der Waals surface area contributed by atoms with Gasteiger partial charge in [-0.1, -0.05) is 0 Å². The number of nitrogens with two attached hydrogens (primary N) is 1. The van der Waals surface area contributed by atoms with E-state index < -0.39 is 31.5 Å². The number of methoxy groups -OCH3 is 1. The summed E-state index contributed by atoms with van der Waals surface area (Å²) < 4.78 is 27.0. The van der Waals surface area contributed by atoms with Crippen molar-refractivity contribution in [3.63, 3.8) is 0 Å². The highest BCUT2D eigenvalue weighted by Gasteiger charge is 2.24. The van der Waals surface area contributed by atoms with Gasteiger partial charge in [0.25, 0.3) is 5.69 Å². The summed E-state index contributed by atoms with van der Waals surface area (Å²) in [5, 5.41) is 15.6. The first-order valence-electron chi connectivity index (χ1n) is 4.58. The van der Waals surface area contributed by atoms with Crippen LogP contribution in [0.4, 0.5) is 5.69 Å². The van der Waals surface area contributed by atoms with Crippen molar-refractivity contribution < 1.29 is 22.9 Å². The minimum atomic E-state index is -4.17. The highest BCUT2D eigenvalue weighted by Crippen LogP contribution is 2.25. The third-order valence-corrected chi connectivity index (χ3v) is 3.30. The van der Waals surface area contributed by atoms with Crippen LogP contribution in [0.1, 0.15) is 15.9 Å². The molecule has 0 unspecified atom stereocenters. The first-order chi connectivity index (χ1) is 8.18. The lowest BCUT2D eigenvalue weighted by molar-refractivity contribution is -0.385. The largest absolute Gasteiger partial charge is 0.465 e. The zero-order valence-electron chi connectivity index (χ0n) is 9.54. The third kappa shape index (κ3) is 2.63. The average molecular weight is 274 g/mol. The fourth-order valence-electron chi connectivity index (χ4n) is 1.40. The highest BCUT2D eigenvalue weighted by atomic mass is 32.2. The second-order valence-corrected chi connectivity index (χ2v) is 4.94. The summed E-state index contributed by atoms with van der Waals surface area (Å²) in [4.78, 5) is 20.8. The molecule has 98 valence electrons. The second kappa shape index (κ2) is 4.70. The van der Waals surface area contributed by atoms with Crippen LogP contribution in [-0.4, -0.2) is 26.4 Å². The summed E-state index contributed by atoms with van der Waals surface area (Å²) in [6.45, 7) is 1.32. The van der Waals surface area contributed by atoms with Crippen LogP contribution in [0.3, 0.4) is 0 Å². The van der Waals surface area contributed by atoms with Gasteiger partial charge in [0.1, 0.15) is 0 Å². The highest BCUT2D eigenvalue weighted by molar-refractivity contribution is 7.89. The quantitative estimate of drug-likeness (QED) is 0.480. The van der Waals surface area contributed by atoms with Crippen LogP contribution in [-0.2, 0) is 14.8 Å². The molecule has 0 saturated carbocycles. The van der Waals surface area contributed by atoms with Crippen molar-refractivity contribution in [3.05, 3.63) is 33.4 Å². The molecule has 0 spiro atoms. The molecule has 0 saturated heterocycles. The molecule has 0 amide bonds. The lowest BCUT2D eigenvalue weighted by Crippen LogP contribution is -2.16. The van der Waals surface area contributed by atoms with Gasteiger partial charge in [-0.15, -0.1) is 0 Å². The smallest absolute Gasteiger partial charge is 0.338 e. The molecule has 2 N–H and O–H groups in total. The Morgan fingerprint density at radius 1 is 1.44 bits per heavy atom. The molecule has 1 aromatic carbocycles. The maximum atomic E-state index is 11.4. The molecule has 8 nitrogen and oxygen atoms in total. The van der Waals surface area contributed by atoms with E-state index in [9.17, 15) is 23.3 Å². The first-order valence-corrected chi connectivity index (χ1v) is 6.13. The number of nitro benzene ring substituents is 1. The number of hydrogen-bond acceptors (Lipinski definition) is 6. The summed E-state index contributed by atoms with van der Waals surface area (Å²) in [5.41, 5.74) is -0.754. The molecule has 18 heavy (non-hydrogen) atoms. The van der Waals surface area contributed by atoms with Crippen molar-refractivity contribution >= 4 is 21.7 Å². The van der Waals surface area contributed by atoms with Gasteiger partial charge in [-0.2, -0.15) is 0 Å². The van der Waals surface area contributed by atoms with Gasteiger partial charge in [0.2, 0.25) is 10.0 Å². The van der Waals surface area contributed by atoms with E-state index in [0.717, 1.165) is 19.2 Å². The number of nitro groups is 1. The number of carbonyl (C=O) groups excluding carboxylic acids is 1. The molecule has 0 aliphatic heterocycles. The Morgan fingerprint density at radius 2 is 2.00 bits per heavy atom.